The molecular formula is C17H21N3O3. The van der Waals surface area contributed by atoms with Crippen molar-refractivity contribution < 1.29 is 14.1 Å². The van der Waals surface area contributed by atoms with Crippen LogP contribution in [-0.2, 0) is 11.4 Å². The van der Waals surface area contributed by atoms with Crippen molar-refractivity contribution in [3.05, 3.63) is 41.5 Å². The van der Waals surface area contributed by atoms with Gasteiger partial charge in [0.25, 0.3) is 5.89 Å². The van der Waals surface area contributed by atoms with Gasteiger partial charge in [-0.05, 0) is 38.3 Å². The zero-order chi connectivity index (χ0) is 16.2. The van der Waals surface area contributed by atoms with Gasteiger partial charge >= 0.3 is 0 Å². The molecule has 1 aliphatic rings. The van der Waals surface area contributed by atoms with E-state index in [9.17, 15) is 4.79 Å². The van der Waals surface area contributed by atoms with Gasteiger partial charge in [-0.1, -0.05) is 22.9 Å². The summed E-state index contributed by atoms with van der Waals surface area (Å²) in [5, 5.41) is 4.04. The van der Waals surface area contributed by atoms with Crippen LogP contribution < -0.4 is 4.74 Å². The lowest BCUT2D eigenvalue weighted by Gasteiger charge is -2.32. The normalized spacial score (nSPS) is 18.0. The molecule has 1 aromatic heterocycles. The topological polar surface area (TPSA) is 68.5 Å². The van der Waals surface area contributed by atoms with Crippen molar-refractivity contribution in [3.63, 3.8) is 0 Å². The van der Waals surface area contributed by atoms with Gasteiger partial charge in [-0.2, -0.15) is 4.98 Å². The smallest absolute Gasteiger partial charge is 0.264 e. The summed E-state index contributed by atoms with van der Waals surface area (Å²) in [5.74, 6) is 1.81. The third kappa shape index (κ3) is 3.70. The summed E-state index contributed by atoms with van der Waals surface area (Å²) in [6.45, 7) is 4.59. The van der Waals surface area contributed by atoms with Crippen LogP contribution in [0.2, 0.25) is 0 Å². The molecule has 6 nitrogen and oxygen atoms in total. The number of aryl methyl sites for hydroxylation is 1. The third-order valence-electron chi connectivity index (χ3n) is 4.07. The van der Waals surface area contributed by atoms with E-state index in [1.54, 1.807) is 6.92 Å². The molecule has 0 saturated carbocycles. The fourth-order valence-corrected chi connectivity index (χ4v) is 2.82. The summed E-state index contributed by atoms with van der Waals surface area (Å²) in [6, 6.07) is 7.71. The Morgan fingerprint density at radius 2 is 2.13 bits per heavy atom. The molecule has 0 radical (unpaired) electrons. The Kier molecular flexibility index (Phi) is 4.60. The van der Waals surface area contributed by atoms with Crippen LogP contribution in [0.3, 0.4) is 0 Å². The van der Waals surface area contributed by atoms with Crippen LogP contribution in [0.5, 0.6) is 5.75 Å². The first-order valence-electron chi connectivity index (χ1n) is 7.92. The Morgan fingerprint density at radius 1 is 1.35 bits per heavy atom. The van der Waals surface area contributed by atoms with Crippen molar-refractivity contribution >= 4 is 5.91 Å². The number of piperidine rings is 1. The summed E-state index contributed by atoms with van der Waals surface area (Å²) in [6.07, 6.45) is 2.97. The molecular weight excluding hydrogens is 294 g/mol. The molecule has 1 fully saturated rings. The minimum Gasteiger partial charge on any atom is -0.484 e. The van der Waals surface area contributed by atoms with E-state index in [4.69, 9.17) is 9.26 Å². The Balaban J connectivity index is 1.65. The number of aromatic nitrogens is 2. The summed E-state index contributed by atoms with van der Waals surface area (Å²) in [7, 11) is 0. The van der Waals surface area contributed by atoms with Gasteiger partial charge in [0.15, 0.2) is 12.4 Å². The van der Waals surface area contributed by atoms with Gasteiger partial charge in [-0.15, -0.1) is 0 Å². The lowest BCUT2D eigenvalue weighted by atomic mass is 10.0. The average Bonchev–Trinajstić information content (AvgIpc) is 3.03. The molecule has 6 heteroatoms. The molecule has 122 valence electrons. The number of rotatable bonds is 4. The van der Waals surface area contributed by atoms with Crippen molar-refractivity contribution in [2.75, 3.05) is 6.54 Å². The maximum atomic E-state index is 11.7. The second-order valence-corrected chi connectivity index (χ2v) is 5.87. The highest BCUT2D eigenvalue weighted by molar-refractivity contribution is 5.73. The van der Waals surface area contributed by atoms with Crippen LogP contribution in [-0.4, -0.2) is 27.5 Å². The largest absolute Gasteiger partial charge is 0.484 e. The molecule has 2 heterocycles. The van der Waals surface area contributed by atoms with Crippen molar-refractivity contribution in [2.24, 2.45) is 0 Å². The zero-order valence-electron chi connectivity index (χ0n) is 13.5. The van der Waals surface area contributed by atoms with Crippen LogP contribution in [0.4, 0.5) is 0 Å². The first-order valence-corrected chi connectivity index (χ1v) is 7.92. The number of benzene rings is 1. The van der Waals surface area contributed by atoms with Gasteiger partial charge in [0.05, 0.1) is 6.04 Å². The van der Waals surface area contributed by atoms with Gasteiger partial charge in [-0.25, -0.2) is 0 Å². The van der Waals surface area contributed by atoms with Crippen molar-refractivity contribution in [1.29, 1.82) is 0 Å². The molecule has 0 spiro atoms. The summed E-state index contributed by atoms with van der Waals surface area (Å²) in [5.41, 5.74) is 1.18. The highest BCUT2D eigenvalue weighted by Crippen LogP contribution is 2.29. The van der Waals surface area contributed by atoms with E-state index in [-0.39, 0.29) is 18.6 Å². The van der Waals surface area contributed by atoms with Crippen molar-refractivity contribution in [3.8, 4) is 5.75 Å². The highest BCUT2D eigenvalue weighted by Gasteiger charge is 2.29. The first-order chi connectivity index (χ1) is 11.1. The highest BCUT2D eigenvalue weighted by atomic mass is 16.5. The fourth-order valence-electron chi connectivity index (χ4n) is 2.82. The maximum Gasteiger partial charge on any atom is 0.264 e. The molecule has 1 atom stereocenters. The molecule has 23 heavy (non-hydrogen) atoms. The minimum atomic E-state index is -0.0851. The second-order valence-electron chi connectivity index (χ2n) is 5.87. The molecule has 1 amide bonds. The first kappa shape index (κ1) is 15.5. The Labute approximate surface area is 135 Å². The maximum absolute atomic E-state index is 11.7. The van der Waals surface area contributed by atoms with Gasteiger partial charge < -0.3 is 14.2 Å². The van der Waals surface area contributed by atoms with Gasteiger partial charge in [0.1, 0.15) is 5.75 Å². The van der Waals surface area contributed by atoms with Crippen molar-refractivity contribution in [1.82, 2.24) is 15.0 Å². The van der Waals surface area contributed by atoms with E-state index in [0.717, 1.165) is 31.6 Å². The van der Waals surface area contributed by atoms with E-state index >= 15 is 0 Å². The number of likely N-dealkylation sites (tertiary alicyclic amines) is 1. The fraction of sp³-hybridized carbons (Fsp3) is 0.471. The van der Waals surface area contributed by atoms with E-state index in [1.165, 1.54) is 5.56 Å². The molecule has 0 aliphatic carbocycles. The van der Waals surface area contributed by atoms with Crippen LogP contribution in [0.1, 0.15) is 49.5 Å². The van der Waals surface area contributed by atoms with E-state index in [2.05, 4.69) is 10.1 Å². The lowest BCUT2D eigenvalue weighted by Crippen LogP contribution is -2.37. The molecule has 0 N–H and O–H groups in total. The van der Waals surface area contributed by atoms with Crippen LogP contribution in [0.25, 0.3) is 0 Å². The van der Waals surface area contributed by atoms with E-state index in [1.807, 2.05) is 36.1 Å². The van der Waals surface area contributed by atoms with Crippen LogP contribution in [0, 0.1) is 6.92 Å². The molecule has 1 unspecified atom stereocenters. The van der Waals surface area contributed by atoms with E-state index < -0.39 is 0 Å². The number of ether oxygens (including phenoxy) is 1. The number of hydrogen-bond donors (Lipinski definition) is 0. The van der Waals surface area contributed by atoms with Crippen molar-refractivity contribution in [2.45, 2.75) is 45.8 Å². The quantitative estimate of drug-likeness (QED) is 0.867. The molecule has 0 bridgehead atoms. The monoisotopic (exact) mass is 315 g/mol. The predicted octanol–water partition coefficient (Wildman–Crippen LogP) is 3.03. The average molecular weight is 315 g/mol. The summed E-state index contributed by atoms with van der Waals surface area (Å²) in [4.78, 5) is 18.0. The summed E-state index contributed by atoms with van der Waals surface area (Å²) < 4.78 is 10.9. The summed E-state index contributed by atoms with van der Waals surface area (Å²) >= 11 is 0. The molecule has 2 aromatic rings. The van der Waals surface area contributed by atoms with Gasteiger partial charge in [-0.3, -0.25) is 4.79 Å². The predicted molar refractivity (Wildman–Crippen MR) is 83.8 cm³/mol. The minimum absolute atomic E-state index is 0.0527. The SMILES string of the molecule is CC(=O)N1CCCCC1c1noc(COc2ccc(C)cc2)n1. The lowest BCUT2D eigenvalue weighted by molar-refractivity contribution is -0.132. The molecule has 1 saturated heterocycles. The Morgan fingerprint density at radius 3 is 2.87 bits per heavy atom. The number of carbonyl (C=O) groups is 1. The van der Waals surface area contributed by atoms with Crippen LogP contribution >= 0.6 is 0 Å². The van der Waals surface area contributed by atoms with Gasteiger partial charge in [0, 0.05) is 13.5 Å². The molecule has 1 aliphatic heterocycles. The number of hydrogen-bond acceptors (Lipinski definition) is 5. The van der Waals surface area contributed by atoms with E-state index in [0.29, 0.717) is 11.7 Å². The van der Waals surface area contributed by atoms with Gasteiger partial charge in [0.2, 0.25) is 5.91 Å². The number of nitrogens with zero attached hydrogens (tertiary/aromatic N) is 3. The third-order valence-corrected chi connectivity index (χ3v) is 4.07. The Bertz CT molecular complexity index is 666. The number of amides is 1. The molecule has 1 aromatic carbocycles. The Hall–Kier alpha value is -2.37. The van der Waals surface area contributed by atoms with Crippen LogP contribution in [0.15, 0.2) is 28.8 Å². The second kappa shape index (κ2) is 6.81. The number of carbonyl (C=O) groups excluding carboxylic acids is 1. The molecule has 3 rings (SSSR count). The zero-order valence-corrected chi connectivity index (χ0v) is 13.5. The standard InChI is InChI=1S/C17H21N3O3/c1-12-6-8-14(9-7-12)22-11-16-18-17(19-23-16)15-5-3-4-10-20(15)13(2)21/h6-9,15H,3-5,10-11H2,1-2H3.